The van der Waals surface area contributed by atoms with Crippen LogP contribution in [0.5, 0.6) is 0 Å². The highest BCUT2D eigenvalue weighted by molar-refractivity contribution is 7.17. The molecule has 27 heavy (non-hydrogen) atoms. The number of likely N-dealkylation sites (tertiary alicyclic amines) is 1. The van der Waals surface area contributed by atoms with E-state index in [1.807, 2.05) is 32.6 Å². The van der Waals surface area contributed by atoms with Crippen LogP contribution in [0, 0.1) is 26.7 Å². The summed E-state index contributed by atoms with van der Waals surface area (Å²) in [4.78, 5) is 32.7. The molecule has 3 rings (SSSR count). The van der Waals surface area contributed by atoms with E-state index in [2.05, 4.69) is 10.1 Å². The summed E-state index contributed by atoms with van der Waals surface area (Å²) in [6, 6.07) is 0.160. The molecule has 0 bridgehead atoms. The quantitative estimate of drug-likeness (QED) is 0.867. The van der Waals surface area contributed by atoms with Gasteiger partial charge < -0.3 is 10.6 Å². The molecule has 7 nitrogen and oxygen atoms in total. The fraction of sp³-hybridized carbons (Fsp3) is 0.579. The average molecular weight is 390 g/mol. The van der Waals surface area contributed by atoms with Crippen molar-refractivity contribution in [1.82, 2.24) is 19.7 Å². The number of hydrogen-bond donors (Lipinski definition) is 1. The molecule has 0 radical (unpaired) electrons. The minimum absolute atomic E-state index is 0.000343. The van der Waals surface area contributed by atoms with Crippen molar-refractivity contribution in [3.8, 4) is 10.6 Å². The molecule has 1 saturated heterocycles. The lowest BCUT2D eigenvalue weighted by Crippen LogP contribution is -2.42. The van der Waals surface area contributed by atoms with Gasteiger partial charge in [0.05, 0.1) is 17.0 Å². The van der Waals surface area contributed by atoms with Gasteiger partial charge in [0.25, 0.3) is 11.5 Å². The molecule has 1 amide bonds. The van der Waals surface area contributed by atoms with Crippen molar-refractivity contribution in [3.63, 3.8) is 0 Å². The van der Waals surface area contributed by atoms with E-state index in [1.165, 1.54) is 16.0 Å². The van der Waals surface area contributed by atoms with Crippen LogP contribution in [0.1, 0.15) is 46.4 Å². The van der Waals surface area contributed by atoms with Gasteiger partial charge in [0.2, 0.25) is 0 Å². The highest BCUT2D eigenvalue weighted by atomic mass is 32.1. The summed E-state index contributed by atoms with van der Waals surface area (Å²) in [7, 11) is 1.63. The number of carbonyl (C=O) groups excluding carboxylic acids is 1. The monoisotopic (exact) mass is 389 g/mol. The lowest BCUT2D eigenvalue weighted by Gasteiger charge is -2.33. The Kier molecular flexibility index (Phi) is 5.48. The first-order valence-electron chi connectivity index (χ1n) is 9.27. The predicted octanol–water partition coefficient (Wildman–Crippen LogP) is 2.03. The molecule has 0 spiro atoms. The summed E-state index contributed by atoms with van der Waals surface area (Å²) >= 11 is 1.30. The third-order valence-electron chi connectivity index (χ3n) is 5.50. The maximum Gasteiger partial charge on any atom is 0.277 e. The van der Waals surface area contributed by atoms with E-state index in [4.69, 9.17) is 5.73 Å². The zero-order chi connectivity index (χ0) is 19.9. The Morgan fingerprint density at radius 3 is 2.44 bits per heavy atom. The van der Waals surface area contributed by atoms with Gasteiger partial charge in [-0.1, -0.05) is 0 Å². The molecule has 2 aromatic rings. The largest absolute Gasteiger partial charge is 0.338 e. The first kappa shape index (κ1) is 19.7. The SMILES string of the molecule is Cc1nc(-c2c(C)c(C)nn(C)c2=O)sc1C(=O)N1CCC(C(C)N)CC1. The normalized spacial score (nSPS) is 16.6. The van der Waals surface area contributed by atoms with Crippen LogP contribution in [0.2, 0.25) is 0 Å². The summed E-state index contributed by atoms with van der Waals surface area (Å²) in [6.45, 7) is 9.03. The summed E-state index contributed by atoms with van der Waals surface area (Å²) < 4.78 is 1.33. The highest BCUT2D eigenvalue weighted by Gasteiger charge is 2.28. The number of rotatable bonds is 3. The molecular formula is C19H27N5O2S. The first-order chi connectivity index (χ1) is 12.7. The summed E-state index contributed by atoms with van der Waals surface area (Å²) in [5.74, 6) is 0.470. The third-order valence-corrected chi connectivity index (χ3v) is 6.66. The third kappa shape index (κ3) is 3.68. The highest BCUT2D eigenvalue weighted by Crippen LogP contribution is 2.30. The Balaban J connectivity index is 1.90. The van der Waals surface area contributed by atoms with E-state index in [0.29, 0.717) is 40.1 Å². The maximum absolute atomic E-state index is 13.0. The first-order valence-corrected chi connectivity index (χ1v) is 10.1. The molecule has 2 aromatic heterocycles. The molecular weight excluding hydrogens is 362 g/mol. The Morgan fingerprint density at radius 1 is 1.22 bits per heavy atom. The van der Waals surface area contributed by atoms with Crippen molar-refractivity contribution in [2.75, 3.05) is 13.1 Å². The van der Waals surface area contributed by atoms with Gasteiger partial charge in [-0.25, -0.2) is 9.67 Å². The molecule has 2 N–H and O–H groups in total. The van der Waals surface area contributed by atoms with E-state index in [1.54, 1.807) is 7.05 Å². The molecule has 0 saturated carbocycles. The number of hydrogen-bond acceptors (Lipinski definition) is 6. The van der Waals surface area contributed by atoms with Crippen LogP contribution in [0.25, 0.3) is 10.6 Å². The second-order valence-corrected chi connectivity index (χ2v) is 8.44. The predicted molar refractivity (Wildman–Crippen MR) is 107 cm³/mol. The van der Waals surface area contributed by atoms with Crippen LogP contribution in [0.15, 0.2) is 4.79 Å². The van der Waals surface area contributed by atoms with Crippen LogP contribution >= 0.6 is 11.3 Å². The Morgan fingerprint density at radius 2 is 1.85 bits per heavy atom. The lowest BCUT2D eigenvalue weighted by atomic mass is 9.91. The Labute approximate surface area is 163 Å². The number of nitrogens with zero attached hydrogens (tertiary/aromatic N) is 4. The van der Waals surface area contributed by atoms with Crippen molar-refractivity contribution >= 4 is 17.2 Å². The number of carbonyl (C=O) groups is 1. The van der Waals surface area contributed by atoms with E-state index < -0.39 is 0 Å². The van der Waals surface area contributed by atoms with Crippen molar-refractivity contribution < 1.29 is 4.79 Å². The molecule has 146 valence electrons. The summed E-state index contributed by atoms with van der Waals surface area (Å²) in [5.41, 5.74) is 8.60. The van der Waals surface area contributed by atoms with Crippen LogP contribution in [0.3, 0.4) is 0 Å². The molecule has 0 aliphatic carbocycles. The van der Waals surface area contributed by atoms with Gasteiger partial charge in [-0.05, 0) is 52.0 Å². The number of amides is 1. The van der Waals surface area contributed by atoms with E-state index in [9.17, 15) is 9.59 Å². The van der Waals surface area contributed by atoms with Crippen molar-refractivity contribution in [1.29, 1.82) is 0 Å². The Bertz CT molecular complexity index is 923. The average Bonchev–Trinajstić information content (AvgIpc) is 3.01. The fourth-order valence-electron chi connectivity index (χ4n) is 3.57. The second kappa shape index (κ2) is 7.52. The van der Waals surface area contributed by atoms with Gasteiger partial charge in [-0.15, -0.1) is 11.3 Å². The van der Waals surface area contributed by atoms with Crippen LogP contribution < -0.4 is 11.3 Å². The molecule has 8 heteroatoms. The zero-order valence-corrected chi connectivity index (χ0v) is 17.4. The molecule has 3 heterocycles. The van der Waals surface area contributed by atoms with Crippen molar-refractivity contribution in [2.45, 2.75) is 46.6 Å². The second-order valence-electron chi connectivity index (χ2n) is 7.44. The van der Waals surface area contributed by atoms with Gasteiger partial charge in [0.1, 0.15) is 9.88 Å². The van der Waals surface area contributed by atoms with Crippen molar-refractivity contribution in [3.05, 3.63) is 32.2 Å². The summed E-state index contributed by atoms with van der Waals surface area (Å²) in [5, 5.41) is 4.80. The molecule has 1 aliphatic heterocycles. The number of thiazole rings is 1. The Hall–Kier alpha value is -2.06. The van der Waals surface area contributed by atoms with Crippen LogP contribution in [-0.2, 0) is 7.05 Å². The van der Waals surface area contributed by atoms with Gasteiger partial charge in [-0.2, -0.15) is 5.10 Å². The lowest BCUT2D eigenvalue weighted by molar-refractivity contribution is 0.0685. The van der Waals surface area contributed by atoms with Crippen LogP contribution in [0.4, 0.5) is 0 Å². The summed E-state index contributed by atoms with van der Waals surface area (Å²) in [6.07, 6.45) is 1.86. The number of nitrogens with two attached hydrogens (primary N) is 1. The number of aryl methyl sites for hydroxylation is 3. The van der Waals surface area contributed by atoms with Gasteiger partial charge in [-0.3, -0.25) is 9.59 Å². The number of aromatic nitrogens is 3. The topological polar surface area (TPSA) is 94.1 Å². The minimum Gasteiger partial charge on any atom is -0.338 e. The fourth-order valence-corrected chi connectivity index (χ4v) is 4.70. The molecule has 1 unspecified atom stereocenters. The van der Waals surface area contributed by atoms with E-state index >= 15 is 0 Å². The minimum atomic E-state index is -0.191. The van der Waals surface area contributed by atoms with Gasteiger partial charge >= 0.3 is 0 Å². The van der Waals surface area contributed by atoms with Crippen molar-refractivity contribution in [2.24, 2.45) is 18.7 Å². The van der Waals surface area contributed by atoms with E-state index in [-0.39, 0.29) is 17.5 Å². The maximum atomic E-state index is 13.0. The molecule has 0 aromatic carbocycles. The number of piperidine rings is 1. The van der Waals surface area contributed by atoms with Gasteiger partial charge in [0.15, 0.2) is 0 Å². The molecule has 1 fully saturated rings. The molecule has 1 aliphatic rings. The van der Waals surface area contributed by atoms with E-state index in [0.717, 1.165) is 24.1 Å². The molecule has 1 atom stereocenters. The standard InChI is InChI=1S/C19H27N5O2S/c1-10-12(3)22-23(5)18(25)15(10)17-21-13(4)16(27-17)19(26)24-8-6-14(7-9-24)11(2)20/h11,14H,6-9,20H2,1-5H3. The zero-order valence-electron chi connectivity index (χ0n) is 16.6. The van der Waals surface area contributed by atoms with Gasteiger partial charge in [0, 0.05) is 26.2 Å². The smallest absolute Gasteiger partial charge is 0.277 e. The van der Waals surface area contributed by atoms with Crippen LogP contribution in [-0.4, -0.2) is 44.7 Å².